The highest BCUT2D eigenvalue weighted by molar-refractivity contribution is 7.18. The van der Waals surface area contributed by atoms with E-state index in [4.69, 9.17) is 9.97 Å². The van der Waals surface area contributed by atoms with E-state index in [2.05, 4.69) is 50.4 Å². The second kappa shape index (κ2) is 6.00. The number of quaternary nitrogens is 1. The number of nitrogens with one attached hydrogen (secondary N) is 1. The van der Waals surface area contributed by atoms with Crippen molar-refractivity contribution in [2.75, 3.05) is 7.05 Å². The van der Waals surface area contributed by atoms with Crippen LogP contribution in [0.1, 0.15) is 23.0 Å². The summed E-state index contributed by atoms with van der Waals surface area (Å²) in [6.07, 6.45) is 0. The first-order valence-corrected chi connectivity index (χ1v) is 9.36. The molecule has 2 heterocycles. The Bertz CT molecular complexity index is 891. The Morgan fingerprint density at radius 1 is 0.913 bits per heavy atom. The lowest BCUT2D eigenvalue weighted by Gasteiger charge is -2.18. The van der Waals surface area contributed by atoms with Crippen molar-refractivity contribution in [2.45, 2.75) is 19.5 Å². The van der Waals surface area contributed by atoms with Crippen molar-refractivity contribution in [3.8, 4) is 0 Å². The predicted molar refractivity (Wildman–Crippen MR) is 98.2 cm³/mol. The molecule has 0 saturated heterocycles. The molecule has 4 aromatic rings. The molecule has 2 atom stereocenters. The lowest BCUT2D eigenvalue weighted by atomic mass is 10.3. The summed E-state index contributed by atoms with van der Waals surface area (Å²) in [5, 5.41) is 2.39. The number of fused-ring (bicyclic) bond motifs is 2. The molecule has 0 spiro atoms. The van der Waals surface area contributed by atoms with Gasteiger partial charge < -0.3 is 4.90 Å². The van der Waals surface area contributed by atoms with Crippen molar-refractivity contribution in [3.05, 3.63) is 58.5 Å². The molecular weight excluding hydrogens is 322 g/mol. The third-order valence-electron chi connectivity index (χ3n) is 4.19. The average molecular weight is 340 g/mol. The summed E-state index contributed by atoms with van der Waals surface area (Å²) in [5.74, 6) is 0. The zero-order valence-corrected chi connectivity index (χ0v) is 14.7. The van der Waals surface area contributed by atoms with E-state index in [-0.39, 0.29) is 0 Å². The van der Waals surface area contributed by atoms with Gasteiger partial charge in [0, 0.05) is 0 Å². The van der Waals surface area contributed by atoms with E-state index >= 15 is 0 Å². The minimum Gasteiger partial charge on any atom is -0.324 e. The van der Waals surface area contributed by atoms with Gasteiger partial charge >= 0.3 is 0 Å². The number of benzene rings is 2. The van der Waals surface area contributed by atoms with Gasteiger partial charge in [0.15, 0.2) is 5.01 Å². The number of aromatic nitrogens is 2. The van der Waals surface area contributed by atoms with Crippen LogP contribution in [0.15, 0.2) is 48.5 Å². The van der Waals surface area contributed by atoms with Gasteiger partial charge in [-0.1, -0.05) is 24.3 Å². The Labute approximate surface area is 143 Å². The summed E-state index contributed by atoms with van der Waals surface area (Å²) in [7, 11) is 2.22. The molecule has 0 fully saturated rings. The van der Waals surface area contributed by atoms with Gasteiger partial charge in [-0.25, -0.2) is 9.97 Å². The van der Waals surface area contributed by atoms with Crippen molar-refractivity contribution in [1.29, 1.82) is 0 Å². The van der Waals surface area contributed by atoms with E-state index in [9.17, 15) is 0 Å². The van der Waals surface area contributed by atoms with Gasteiger partial charge in [-0.15, -0.1) is 22.7 Å². The summed E-state index contributed by atoms with van der Waals surface area (Å²) in [5.41, 5.74) is 2.21. The van der Waals surface area contributed by atoms with Crippen LogP contribution in [0, 0.1) is 0 Å². The maximum Gasteiger partial charge on any atom is 0.151 e. The second-order valence-corrected chi connectivity index (χ2v) is 8.02. The highest BCUT2D eigenvalue weighted by Crippen LogP contribution is 2.25. The molecule has 0 amide bonds. The number of rotatable bonds is 4. The van der Waals surface area contributed by atoms with Crippen LogP contribution in [-0.2, 0) is 6.54 Å². The van der Waals surface area contributed by atoms with Gasteiger partial charge in [0.25, 0.3) is 0 Å². The molecule has 1 N–H and O–H groups in total. The Morgan fingerprint density at radius 2 is 1.52 bits per heavy atom. The second-order valence-electron chi connectivity index (χ2n) is 5.84. The fraction of sp³-hybridized carbons (Fsp3) is 0.222. The van der Waals surface area contributed by atoms with E-state index in [0.717, 1.165) is 17.6 Å². The summed E-state index contributed by atoms with van der Waals surface area (Å²) >= 11 is 3.59. The van der Waals surface area contributed by atoms with E-state index in [1.165, 1.54) is 24.3 Å². The van der Waals surface area contributed by atoms with E-state index in [1.54, 1.807) is 22.7 Å². The van der Waals surface area contributed by atoms with Crippen LogP contribution in [0.2, 0.25) is 0 Å². The van der Waals surface area contributed by atoms with E-state index in [0.29, 0.717) is 6.04 Å². The van der Waals surface area contributed by atoms with Crippen LogP contribution in [0.4, 0.5) is 0 Å². The molecule has 2 aromatic heterocycles. The van der Waals surface area contributed by atoms with Crippen LogP contribution in [0.5, 0.6) is 0 Å². The van der Waals surface area contributed by atoms with Gasteiger partial charge in [-0.2, -0.15) is 0 Å². The first kappa shape index (κ1) is 14.8. The van der Waals surface area contributed by atoms with Crippen molar-refractivity contribution < 1.29 is 4.90 Å². The molecule has 0 radical (unpaired) electrons. The Balaban J connectivity index is 1.56. The summed E-state index contributed by atoms with van der Waals surface area (Å²) < 4.78 is 2.53. The zero-order valence-electron chi connectivity index (χ0n) is 13.1. The van der Waals surface area contributed by atoms with Crippen molar-refractivity contribution >= 4 is 43.1 Å². The van der Waals surface area contributed by atoms with Crippen LogP contribution >= 0.6 is 22.7 Å². The van der Waals surface area contributed by atoms with E-state index < -0.39 is 0 Å². The van der Waals surface area contributed by atoms with Crippen molar-refractivity contribution in [2.24, 2.45) is 0 Å². The first-order chi connectivity index (χ1) is 11.2. The number of hydrogen-bond donors (Lipinski definition) is 1. The monoisotopic (exact) mass is 340 g/mol. The number of thiazole rings is 2. The third kappa shape index (κ3) is 2.87. The van der Waals surface area contributed by atoms with Crippen LogP contribution in [-0.4, -0.2) is 17.0 Å². The third-order valence-corrected chi connectivity index (χ3v) is 6.44. The molecule has 5 heteroatoms. The molecule has 116 valence electrons. The number of para-hydroxylation sites is 2. The van der Waals surface area contributed by atoms with Crippen LogP contribution < -0.4 is 4.90 Å². The molecule has 0 aliphatic carbocycles. The summed E-state index contributed by atoms with van der Waals surface area (Å²) in [6, 6.07) is 17.1. The largest absolute Gasteiger partial charge is 0.324 e. The van der Waals surface area contributed by atoms with Crippen LogP contribution in [0.3, 0.4) is 0 Å². The predicted octanol–water partition coefficient (Wildman–Crippen LogP) is 3.68. The average Bonchev–Trinajstić information content (AvgIpc) is 3.16. The highest BCUT2D eigenvalue weighted by atomic mass is 32.1. The van der Waals surface area contributed by atoms with Gasteiger partial charge in [-0.05, 0) is 31.2 Å². The molecule has 0 saturated carbocycles. The standard InChI is InChI=1S/C18H17N3S2/c1-12(18-20-14-8-4-6-10-16(14)23-18)21(2)11-17-19-13-7-3-5-9-15(13)22-17/h3-10,12H,11H2,1-2H3/p+1/t12-/m1/s1. The van der Waals surface area contributed by atoms with E-state index in [1.807, 2.05) is 12.1 Å². The maximum atomic E-state index is 4.80. The fourth-order valence-electron chi connectivity index (χ4n) is 2.67. The lowest BCUT2D eigenvalue weighted by Crippen LogP contribution is -3.07. The molecule has 23 heavy (non-hydrogen) atoms. The Kier molecular flexibility index (Phi) is 3.85. The Hall–Kier alpha value is -1.82. The number of nitrogens with zero attached hydrogens (tertiary/aromatic N) is 2. The molecule has 2 aromatic carbocycles. The Morgan fingerprint density at radius 3 is 2.17 bits per heavy atom. The smallest absolute Gasteiger partial charge is 0.151 e. The van der Waals surface area contributed by atoms with Gasteiger partial charge in [-0.3, -0.25) is 0 Å². The number of hydrogen-bond acceptors (Lipinski definition) is 4. The molecule has 3 nitrogen and oxygen atoms in total. The quantitative estimate of drug-likeness (QED) is 0.614. The zero-order chi connectivity index (χ0) is 15.8. The molecule has 0 bridgehead atoms. The lowest BCUT2D eigenvalue weighted by molar-refractivity contribution is -0.923. The minimum atomic E-state index is 0.361. The van der Waals surface area contributed by atoms with Crippen molar-refractivity contribution in [1.82, 2.24) is 9.97 Å². The summed E-state index contributed by atoms with van der Waals surface area (Å²) in [6.45, 7) is 3.18. The molecule has 1 unspecified atom stereocenters. The van der Waals surface area contributed by atoms with Gasteiger partial charge in [0.05, 0.1) is 27.5 Å². The molecule has 0 aliphatic heterocycles. The summed E-state index contributed by atoms with van der Waals surface area (Å²) in [4.78, 5) is 11.0. The molecular formula is C18H18N3S2+. The SMILES string of the molecule is C[C@H](c1nc2ccccc2s1)[NH+](C)Cc1nc2ccccc2s1. The van der Waals surface area contributed by atoms with Gasteiger partial charge in [0.2, 0.25) is 0 Å². The van der Waals surface area contributed by atoms with Crippen LogP contribution in [0.25, 0.3) is 20.4 Å². The topological polar surface area (TPSA) is 30.2 Å². The van der Waals surface area contributed by atoms with Crippen molar-refractivity contribution in [3.63, 3.8) is 0 Å². The minimum absolute atomic E-state index is 0.361. The van der Waals surface area contributed by atoms with Gasteiger partial charge in [0.1, 0.15) is 17.6 Å². The maximum absolute atomic E-state index is 4.80. The fourth-order valence-corrected chi connectivity index (χ4v) is 4.85. The molecule has 0 aliphatic rings. The molecule has 4 rings (SSSR count). The highest BCUT2D eigenvalue weighted by Gasteiger charge is 2.21. The normalized spacial score (nSPS) is 14.3. The first-order valence-electron chi connectivity index (χ1n) is 7.73.